The highest BCUT2D eigenvalue weighted by Crippen LogP contribution is 2.41. The van der Waals surface area contributed by atoms with Gasteiger partial charge in [0.1, 0.15) is 9.88 Å². The fourth-order valence-corrected chi connectivity index (χ4v) is 3.80. The van der Waals surface area contributed by atoms with E-state index >= 15 is 0 Å². The summed E-state index contributed by atoms with van der Waals surface area (Å²) in [6.45, 7) is 5.27. The van der Waals surface area contributed by atoms with Gasteiger partial charge in [-0.1, -0.05) is 26.2 Å². The normalized spacial score (nSPS) is 10.6. The molecule has 114 valence electrons. The third-order valence-electron chi connectivity index (χ3n) is 2.88. The Morgan fingerprint density at radius 3 is 2.70 bits per heavy atom. The van der Waals surface area contributed by atoms with E-state index in [1.807, 2.05) is 6.26 Å². The summed E-state index contributed by atoms with van der Waals surface area (Å²) in [6.07, 6.45) is 6.82. The van der Waals surface area contributed by atoms with E-state index in [0.29, 0.717) is 17.2 Å². The lowest BCUT2D eigenvalue weighted by atomic mass is 10.2. The Morgan fingerprint density at radius 1 is 1.35 bits per heavy atom. The summed E-state index contributed by atoms with van der Waals surface area (Å²) in [5.74, 6) is -0.329. The van der Waals surface area contributed by atoms with E-state index in [0.717, 1.165) is 22.9 Å². The van der Waals surface area contributed by atoms with E-state index in [2.05, 4.69) is 12.2 Å². The molecule has 0 aliphatic rings. The van der Waals surface area contributed by atoms with Crippen molar-refractivity contribution in [3.63, 3.8) is 0 Å². The van der Waals surface area contributed by atoms with Crippen LogP contribution in [0.5, 0.6) is 0 Å². The Hall–Kier alpha value is -0.880. The Balaban J connectivity index is 2.70. The van der Waals surface area contributed by atoms with Crippen molar-refractivity contribution >= 4 is 39.8 Å². The molecule has 0 atom stereocenters. The van der Waals surface area contributed by atoms with Gasteiger partial charge in [-0.05, 0) is 19.6 Å². The van der Waals surface area contributed by atoms with Crippen LogP contribution in [0.4, 0.5) is 10.7 Å². The maximum Gasteiger partial charge on any atom is 0.350 e. The van der Waals surface area contributed by atoms with E-state index in [4.69, 9.17) is 10.5 Å². The molecule has 0 saturated carbocycles. The molecule has 0 bridgehead atoms. The van der Waals surface area contributed by atoms with Crippen LogP contribution < -0.4 is 11.1 Å². The van der Waals surface area contributed by atoms with Gasteiger partial charge >= 0.3 is 5.97 Å². The number of rotatable bonds is 9. The average Bonchev–Trinajstić information content (AvgIpc) is 2.75. The van der Waals surface area contributed by atoms with E-state index in [-0.39, 0.29) is 5.97 Å². The number of hydrogen-bond donors (Lipinski definition) is 2. The number of nitrogen functional groups attached to an aromatic ring is 1. The van der Waals surface area contributed by atoms with Crippen molar-refractivity contribution in [3.8, 4) is 0 Å². The molecule has 0 aliphatic carbocycles. The largest absolute Gasteiger partial charge is 0.462 e. The molecule has 0 unspecified atom stereocenters. The maximum atomic E-state index is 11.8. The minimum absolute atomic E-state index is 0.329. The second-order valence-corrected chi connectivity index (χ2v) is 6.25. The number of hydrogen-bond acceptors (Lipinski definition) is 6. The summed E-state index contributed by atoms with van der Waals surface area (Å²) in [7, 11) is 0. The number of thioether (sulfide) groups is 1. The molecular formula is C14H24N2O2S2. The van der Waals surface area contributed by atoms with Crippen LogP contribution in [-0.2, 0) is 4.74 Å². The van der Waals surface area contributed by atoms with Gasteiger partial charge in [0.05, 0.1) is 17.2 Å². The van der Waals surface area contributed by atoms with Crippen molar-refractivity contribution in [3.05, 3.63) is 4.88 Å². The minimum atomic E-state index is -0.329. The molecule has 0 amide bonds. The van der Waals surface area contributed by atoms with Gasteiger partial charge in [0.2, 0.25) is 0 Å². The topological polar surface area (TPSA) is 64.3 Å². The molecule has 20 heavy (non-hydrogen) atoms. The zero-order valence-corrected chi connectivity index (χ0v) is 14.1. The molecule has 0 aromatic carbocycles. The third-order valence-corrected chi connectivity index (χ3v) is 4.99. The predicted octanol–water partition coefficient (Wildman–Crippen LogP) is 4.22. The number of nitrogens with two attached hydrogens (primary N) is 1. The Labute approximate surface area is 129 Å². The van der Waals surface area contributed by atoms with Gasteiger partial charge in [-0.3, -0.25) is 0 Å². The molecule has 1 aromatic rings. The van der Waals surface area contributed by atoms with Crippen LogP contribution >= 0.6 is 23.1 Å². The first-order chi connectivity index (χ1) is 9.65. The highest BCUT2D eigenvalue weighted by atomic mass is 32.2. The minimum Gasteiger partial charge on any atom is -0.462 e. The summed E-state index contributed by atoms with van der Waals surface area (Å²) >= 11 is 2.95. The van der Waals surface area contributed by atoms with Crippen molar-refractivity contribution in [2.45, 2.75) is 44.4 Å². The first-order valence-electron chi connectivity index (χ1n) is 7.02. The SMILES string of the molecule is CCCCCCNc1sc(C(=O)OCC)c(N)c1SC. The smallest absolute Gasteiger partial charge is 0.350 e. The molecule has 4 nitrogen and oxygen atoms in total. The zero-order valence-electron chi connectivity index (χ0n) is 12.5. The van der Waals surface area contributed by atoms with E-state index in [9.17, 15) is 4.79 Å². The lowest BCUT2D eigenvalue weighted by Crippen LogP contribution is -2.04. The van der Waals surface area contributed by atoms with Crippen LogP contribution in [0.25, 0.3) is 0 Å². The predicted molar refractivity (Wildman–Crippen MR) is 89.1 cm³/mol. The fraction of sp³-hybridized carbons (Fsp3) is 0.643. The molecule has 3 N–H and O–H groups in total. The van der Waals surface area contributed by atoms with E-state index in [1.54, 1.807) is 18.7 Å². The first-order valence-corrected chi connectivity index (χ1v) is 9.07. The Kier molecular flexibility index (Phi) is 7.84. The van der Waals surface area contributed by atoms with Gasteiger partial charge in [-0.2, -0.15) is 0 Å². The Bertz CT molecular complexity index is 433. The van der Waals surface area contributed by atoms with Crippen LogP contribution in [0.15, 0.2) is 4.90 Å². The summed E-state index contributed by atoms with van der Waals surface area (Å²) in [5.41, 5.74) is 6.59. The molecule has 1 heterocycles. The van der Waals surface area contributed by atoms with Crippen molar-refractivity contribution < 1.29 is 9.53 Å². The zero-order chi connectivity index (χ0) is 15.0. The van der Waals surface area contributed by atoms with Crippen LogP contribution in [0, 0.1) is 0 Å². The van der Waals surface area contributed by atoms with E-state index in [1.165, 1.54) is 30.6 Å². The van der Waals surface area contributed by atoms with Gasteiger partial charge in [-0.25, -0.2) is 4.79 Å². The molecule has 0 radical (unpaired) electrons. The van der Waals surface area contributed by atoms with Crippen molar-refractivity contribution in [1.82, 2.24) is 0 Å². The van der Waals surface area contributed by atoms with Crippen molar-refractivity contribution in [2.75, 3.05) is 30.5 Å². The second kappa shape index (κ2) is 9.13. The maximum absolute atomic E-state index is 11.8. The lowest BCUT2D eigenvalue weighted by Gasteiger charge is -2.05. The van der Waals surface area contributed by atoms with Gasteiger partial charge in [0.25, 0.3) is 0 Å². The molecule has 0 fully saturated rings. The van der Waals surface area contributed by atoms with Gasteiger partial charge in [-0.15, -0.1) is 23.1 Å². The molecule has 0 saturated heterocycles. The van der Waals surface area contributed by atoms with Crippen LogP contribution in [0.3, 0.4) is 0 Å². The van der Waals surface area contributed by atoms with Gasteiger partial charge < -0.3 is 15.8 Å². The number of carbonyl (C=O) groups is 1. The number of esters is 1. The standard InChI is InChI=1S/C14H24N2O2S2/c1-4-6-7-8-9-16-13-11(19-3)10(15)12(20-13)14(17)18-5-2/h16H,4-9,15H2,1-3H3. The van der Waals surface area contributed by atoms with Crippen LogP contribution in [-0.4, -0.2) is 25.4 Å². The summed E-state index contributed by atoms with van der Waals surface area (Å²) < 4.78 is 5.03. The molecule has 1 aromatic heterocycles. The monoisotopic (exact) mass is 316 g/mol. The number of ether oxygens (including phenoxy) is 1. The lowest BCUT2D eigenvalue weighted by molar-refractivity contribution is 0.0533. The molecular weight excluding hydrogens is 292 g/mol. The van der Waals surface area contributed by atoms with Crippen molar-refractivity contribution in [2.24, 2.45) is 0 Å². The van der Waals surface area contributed by atoms with Crippen LogP contribution in [0.2, 0.25) is 0 Å². The molecule has 0 spiro atoms. The van der Waals surface area contributed by atoms with Gasteiger partial charge in [0.15, 0.2) is 0 Å². The highest BCUT2D eigenvalue weighted by molar-refractivity contribution is 7.99. The number of unbranched alkanes of at least 4 members (excludes halogenated alkanes) is 3. The summed E-state index contributed by atoms with van der Waals surface area (Å²) in [4.78, 5) is 13.3. The number of anilines is 2. The van der Waals surface area contributed by atoms with Crippen molar-refractivity contribution in [1.29, 1.82) is 0 Å². The highest BCUT2D eigenvalue weighted by Gasteiger charge is 2.21. The molecule has 6 heteroatoms. The molecule has 0 aliphatic heterocycles. The number of nitrogens with one attached hydrogen (secondary N) is 1. The summed E-state index contributed by atoms with van der Waals surface area (Å²) in [5, 5.41) is 4.37. The number of thiophene rings is 1. The Morgan fingerprint density at radius 2 is 2.10 bits per heavy atom. The third kappa shape index (κ3) is 4.59. The number of carbonyl (C=O) groups excluding carboxylic acids is 1. The van der Waals surface area contributed by atoms with E-state index < -0.39 is 0 Å². The van der Waals surface area contributed by atoms with Gasteiger partial charge in [0, 0.05) is 6.54 Å². The quantitative estimate of drug-likeness (QED) is 0.406. The fourth-order valence-electron chi connectivity index (χ4n) is 1.85. The van der Waals surface area contributed by atoms with Crippen LogP contribution in [0.1, 0.15) is 49.2 Å². The second-order valence-electron chi connectivity index (χ2n) is 4.42. The summed E-state index contributed by atoms with van der Waals surface area (Å²) in [6, 6.07) is 0. The average molecular weight is 316 g/mol. The first kappa shape index (κ1) is 17.2. The molecule has 1 rings (SSSR count).